The van der Waals surface area contributed by atoms with Crippen LogP contribution in [0.2, 0.25) is 0 Å². The summed E-state index contributed by atoms with van der Waals surface area (Å²) >= 11 is 0. The molecule has 0 saturated carbocycles. The molecule has 0 heterocycles. The first-order valence-corrected chi connectivity index (χ1v) is 0.928. The second-order valence-corrected chi connectivity index (χ2v) is 0.519. The van der Waals surface area contributed by atoms with E-state index in [-0.39, 0.29) is 64.2 Å². The predicted molar refractivity (Wildman–Crippen MR) is 46.6 cm³/mol. The van der Waals surface area contributed by atoms with E-state index in [2.05, 4.69) is 0 Å². The van der Waals surface area contributed by atoms with E-state index in [1.807, 2.05) is 0 Å². The minimum atomic E-state index is -0.833. The Bertz CT molecular complexity index is 43.8. The van der Waals surface area contributed by atoms with Gasteiger partial charge in [0, 0.05) is 6.92 Å². The molecule has 84 valence electrons. The minimum Gasteiger partial charge on any atom is -1.00 e. The van der Waals surface area contributed by atoms with Gasteiger partial charge in [0.25, 0.3) is 5.97 Å². The van der Waals surface area contributed by atoms with Crippen LogP contribution in [0.15, 0.2) is 0 Å². The maximum Gasteiger partial charge on any atom is 2.00 e. The topological polar surface area (TPSA) is 258 Å². The van der Waals surface area contributed by atoms with E-state index in [1.165, 1.54) is 0 Å². The molecule has 0 atom stereocenters. The summed E-state index contributed by atoms with van der Waals surface area (Å²) < 4.78 is 0. The fourth-order valence-electron chi connectivity index (χ4n) is 0. The van der Waals surface area contributed by atoms with E-state index in [9.17, 15) is 0 Å². The SMILES string of the molecule is CC(=O)O.O.O.O.O.O.O.O.[H-].[H-].[Mg+2]. The van der Waals surface area contributed by atoms with Crippen molar-refractivity contribution in [1.82, 2.24) is 0 Å². The molecule has 0 unspecified atom stereocenters. The number of carbonyl (C=O) groups is 1. The Kier molecular flexibility index (Phi) is 1700. The molecule has 0 fully saturated rings. The summed E-state index contributed by atoms with van der Waals surface area (Å²) in [5, 5.41) is 7.42. The molecule has 12 heavy (non-hydrogen) atoms. The number of carboxylic acids is 1. The van der Waals surface area contributed by atoms with Gasteiger partial charge in [0.15, 0.2) is 0 Å². The molecule has 0 aromatic carbocycles. The zero-order valence-electron chi connectivity index (χ0n) is 8.56. The maximum absolute atomic E-state index is 9.00. The first-order valence-electron chi connectivity index (χ1n) is 0.928. The first kappa shape index (κ1) is 164. The van der Waals surface area contributed by atoms with Crippen molar-refractivity contribution >= 4 is 29.0 Å². The van der Waals surface area contributed by atoms with E-state index in [0.29, 0.717) is 0 Å². The van der Waals surface area contributed by atoms with Crippen molar-refractivity contribution in [2.45, 2.75) is 6.92 Å². The number of rotatable bonds is 0. The van der Waals surface area contributed by atoms with E-state index in [0.717, 1.165) is 6.92 Å². The Morgan fingerprint density at radius 3 is 0.917 bits per heavy atom. The average molecular weight is 212 g/mol. The molecule has 10 heteroatoms. The van der Waals surface area contributed by atoms with E-state index in [1.54, 1.807) is 0 Å². The molecular formula is C2H20MgO9. The molecule has 0 saturated heterocycles. The van der Waals surface area contributed by atoms with Crippen LogP contribution in [0.3, 0.4) is 0 Å². The van der Waals surface area contributed by atoms with Crippen LogP contribution in [0, 0.1) is 0 Å². The monoisotopic (exact) mass is 212 g/mol. The van der Waals surface area contributed by atoms with Gasteiger partial charge in [0.05, 0.1) is 0 Å². The molecule has 0 aliphatic carbocycles. The smallest absolute Gasteiger partial charge is 1.00 e. The largest absolute Gasteiger partial charge is 2.00 e. The zero-order valence-corrected chi connectivity index (χ0v) is 7.98. The predicted octanol–water partition coefficient (Wildman–Crippen LogP) is -5.84. The Labute approximate surface area is 87.7 Å². The molecule has 0 radical (unpaired) electrons. The summed E-state index contributed by atoms with van der Waals surface area (Å²) in [5.74, 6) is -0.833. The molecule has 0 rings (SSSR count). The molecular weight excluding hydrogens is 192 g/mol. The van der Waals surface area contributed by atoms with Crippen molar-refractivity contribution in [3.63, 3.8) is 0 Å². The van der Waals surface area contributed by atoms with Gasteiger partial charge >= 0.3 is 23.1 Å². The second kappa shape index (κ2) is 124. The summed E-state index contributed by atoms with van der Waals surface area (Å²) in [7, 11) is 0. The van der Waals surface area contributed by atoms with Gasteiger partial charge in [0.1, 0.15) is 0 Å². The number of hydrogen-bond donors (Lipinski definition) is 1. The van der Waals surface area contributed by atoms with Crippen molar-refractivity contribution in [2.75, 3.05) is 0 Å². The van der Waals surface area contributed by atoms with E-state index < -0.39 is 5.97 Å². The van der Waals surface area contributed by atoms with Crippen molar-refractivity contribution in [3.05, 3.63) is 0 Å². The molecule has 0 aromatic rings. The molecule has 9 nitrogen and oxygen atoms in total. The maximum atomic E-state index is 9.00. The zero-order chi connectivity index (χ0) is 3.58. The fourth-order valence-corrected chi connectivity index (χ4v) is 0. The molecule has 15 N–H and O–H groups in total. The van der Waals surface area contributed by atoms with Gasteiger partial charge in [-0.3, -0.25) is 4.79 Å². The van der Waals surface area contributed by atoms with Crippen molar-refractivity contribution < 1.29 is 51.1 Å². The Morgan fingerprint density at radius 1 is 0.917 bits per heavy atom. The first-order chi connectivity index (χ1) is 1.73. The fraction of sp³-hybridized carbons (Fsp3) is 0.500. The van der Waals surface area contributed by atoms with Crippen molar-refractivity contribution in [3.8, 4) is 0 Å². The van der Waals surface area contributed by atoms with Crippen LogP contribution in [0.5, 0.6) is 0 Å². The van der Waals surface area contributed by atoms with Gasteiger partial charge in [-0.15, -0.1) is 0 Å². The Hall–Kier alpha value is -0.0438. The van der Waals surface area contributed by atoms with Crippen molar-refractivity contribution in [2.24, 2.45) is 0 Å². The summed E-state index contributed by atoms with van der Waals surface area (Å²) in [6, 6.07) is 0. The third kappa shape index (κ3) is 417000. The molecule has 0 aliphatic rings. The van der Waals surface area contributed by atoms with Gasteiger partial charge in [-0.25, -0.2) is 0 Å². The van der Waals surface area contributed by atoms with Crippen LogP contribution in [0.25, 0.3) is 0 Å². The summed E-state index contributed by atoms with van der Waals surface area (Å²) in [5.41, 5.74) is 0. The molecule has 0 aliphatic heterocycles. The Balaban J connectivity index is -0.000000001000. The third-order valence-corrected chi connectivity index (χ3v) is 0. The van der Waals surface area contributed by atoms with Crippen LogP contribution < -0.4 is 0 Å². The number of aliphatic carboxylic acids is 1. The normalized spacial score (nSPS) is 2.08. The van der Waals surface area contributed by atoms with Gasteiger partial charge in [-0.05, 0) is 0 Å². The second-order valence-electron chi connectivity index (χ2n) is 0.519. The molecule has 0 amide bonds. The third-order valence-electron chi connectivity index (χ3n) is 0. The number of hydrogen-bond acceptors (Lipinski definition) is 1. The van der Waals surface area contributed by atoms with Gasteiger partial charge in [-0.1, -0.05) is 0 Å². The standard InChI is InChI=1S/C2H4O2.Mg.7H2O.2H/c1-2(3)4;;;;;;;;;;/h1H3,(H,3,4);;7*1H2;;/q;+2;;;;;;;;2*-1. The van der Waals surface area contributed by atoms with Gasteiger partial charge in [0.2, 0.25) is 0 Å². The summed E-state index contributed by atoms with van der Waals surface area (Å²) in [4.78, 5) is 9.00. The number of carboxylic acid groups (broad SMARTS) is 1. The summed E-state index contributed by atoms with van der Waals surface area (Å²) in [6.07, 6.45) is 0. The van der Waals surface area contributed by atoms with E-state index in [4.69, 9.17) is 9.90 Å². The molecule has 0 spiro atoms. The van der Waals surface area contributed by atoms with Gasteiger partial charge in [-0.2, -0.15) is 0 Å². The van der Waals surface area contributed by atoms with Gasteiger partial charge < -0.3 is 46.3 Å². The van der Waals surface area contributed by atoms with E-state index >= 15 is 0 Å². The quantitative estimate of drug-likeness (QED) is 0.384. The van der Waals surface area contributed by atoms with Crippen LogP contribution in [-0.4, -0.2) is 72.5 Å². The molecule has 0 aromatic heterocycles. The van der Waals surface area contributed by atoms with Crippen LogP contribution in [0.1, 0.15) is 9.78 Å². The van der Waals surface area contributed by atoms with Crippen LogP contribution in [0.4, 0.5) is 0 Å². The molecule has 0 bridgehead atoms. The van der Waals surface area contributed by atoms with Crippen LogP contribution in [-0.2, 0) is 4.79 Å². The Morgan fingerprint density at radius 2 is 0.917 bits per heavy atom. The van der Waals surface area contributed by atoms with Crippen LogP contribution >= 0.6 is 0 Å². The average Bonchev–Trinajstić information content (AvgIpc) is 0.811. The van der Waals surface area contributed by atoms with Crippen molar-refractivity contribution in [1.29, 1.82) is 0 Å². The summed E-state index contributed by atoms with van der Waals surface area (Å²) in [6.45, 7) is 1.08. The minimum absolute atomic E-state index is 0.